The molecule has 9 heteroatoms. The minimum atomic E-state index is -1.07. The van der Waals surface area contributed by atoms with E-state index in [0.29, 0.717) is 13.0 Å². The van der Waals surface area contributed by atoms with Crippen LogP contribution in [0, 0.1) is 10.1 Å². The van der Waals surface area contributed by atoms with E-state index in [1.54, 1.807) is 6.92 Å². The molecule has 0 aliphatic heterocycles. The third kappa shape index (κ3) is 3.99. The lowest BCUT2D eigenvalue weighted by molar-refractivity contribution is -0.383. The van der Waals surface area contributed by atoms with Crippen molar-refractivity contribution in [2.45, 2.75) is 32.2 Å². The predicted octanol–water partition coefficient (Wildman–Crippen LogP) is 0.752. The molecule has 1 aromatic rings. The molecule has 0 aliphatic rings. The molecule has 0 bridgehead atoms. The zero-order valence-corrected chi connectivity index (χ0v) is 12.2. The van der Waals surface area contributed by atoms with Gasteiger partial charge in [0.05, 0.1) is 23.7 Å². The zero-order valence-electron chi connectivity index (χ0n) is 12.2. The summed E-state index contributed by atoms with van der Waals surface area (Å²) in [4.78, 5) is 18.4. The first-order chi connectivity index (χ1) is 10.0. The average Bonchev–Trinajstić information content (AvgIpc) is 2.50. The van der Waals surface area contributed by atoms with Gasteiger partial charge in [-0.2, -0.15) is 0 Å². The fourth-order valence-corrected chi connectivity index (χ4v) is 1.71. The van der Waals surface area contributed by atoms with Gasteiger partial charge in [0.2, 0.25) is 11.6 Å². The van der Waals surface area contributed by atoms with Crippen molar-refractivity contribution in [3.05, 3.63) is 16.4 Å². The molecule has 4 N–H and O–H groups in total. The fraction of sp³-hybridized carbons (Fsp3) is 0.667. The lowest BCUT2D eigenvalue weighted by Gasteiger charge is -2.30. The fourth-order valence-electron chi connectivity index (χ4n) is 1.71. The Morgan fingerprint density at radius 2 is 1.90 bits per heavy atom. The van der Waals surface area contributed by atoms with Crippen molar-refractivity contribution in [3.63, 3.8) is 0 Å². The van der Waals surface area contributed by atoms with Crippen LogP contribution in [0.3, 0.4) is 0 Å². The number of nitrogens with zero attached hydrogens (tertiary/aromatic N) is 3. The number of hydrogen-bond acceptors (Lipinski definition) is 8. The number of aromatic nitrogens is 2. The predicted molar refractivity (Wildman–Crippen MR) is 78.3 cm³/mol. The molecule has 0 fully saturated rings. The van der Waals surface area contributed by atoms with Crippen LogP contribution in [-0.4, -0.2) is 50.4 Å². The Kier molecular flexibility index (Phi) is 6.25. The van der Waals surface area contributed by atoms with Gasteiger partial charge in [0, 0.05) is 6.54 Å². The zero-order chi connectivity index (χ0) is 15.9. The van der Waals surface area contributed by atoms with Crippen LogP contribution >= 0.6 is 0 Å². The first-order valence-electron chi connectivity index (χ1n) is 6.76. The molecule has 21 heavy (non-hydrogen) atoms. The van der Waals surface area contributed by atoms with E-state index in [9.17, 15) is 20.3 Å². The van der Waals surface area contributed by atoms with Crippen molar-refractivity contribution < 1.29 is 15.1 Å². The number of rotatable bonds is 9. The quantitative estimate of drug-likeness (QED) is 0.388. The van der Waals surface area contributed by atoms with Gasteiger partial charge in [0.1, 0.15) is 6.33 Å². The average molecular weight is 299 g/mol. The van der Waals surface area contributed by atoms with Crippen molar-refractivity contribution in [1.82, 2.24) is 9.97 Å². The van der Waals surface area contributed by atoms with Gasteiger partial charge in [0.15, 0.2) is 0 Å². The van der Waals surface area contributed by atoms with E-state index in [4.69, 9.17) is 0 Å². The van der Waals surface area contributed by atoms with Crippen molar-refractivity contribution in [3.8, 4) is 0 Å². The molecule has 118 valence electrons. The summed E-state index contributed by atoms with van der Waals surface area (Å²) < 4.78 is 0. The van der Waals surface area contributed by atoms with Gasteiger partial charge in [0.25, 0.3) is 0 Å². The molecule has 0 spiro atoms. The number of aliphatic hydroxyl groups excluding tert-OH is 2. The molecule has 9 nitrogen and oxygen atoms in total. The monoisotopic (exact) mass is 299 g/mol. The van der Waals surface area contributed by atoms with Gasteiger partial charge >= 0.3 is 5.69 Å². The van der Waals surface area contributed by atoms with Gasteiger partial charge in [-0.25, -0.2) is 9.97 Å². The number of aliphatic hydroxyl groups is 2. The molecular weight excluding hydrogens is 278 g/mol. The highest BCUT2D eigenvalue weighted by molar-refractivity contribution is 5.69. The summed E-state index contributed by atoms with van der Waals surface area (Å²) >= 11 is 0. The topological polar surface area (TPSA) is 133 Å². The summed E-state index contributed by atoms with van der Waals surface area (Å²) in [5, 5.41) is 35.8. The van der Waals surface area contributed by atoms with Crippen molar-refractivity contribution in [2.24, 2.45) is 0 Å². The first-order valence-corrected chi connectivity index (χ1v) is 6.76. The van der Waals surface area contributed by atoms with Gasteiger partial charge in [-0.3, -0.25) is 10.1 Å². The third-order valence-electron chi connectivity index (χ3n) is 3.21. The molecule has 0 saturated heterocycles. The van der Waals surface area contributed by atoms with Crippen LogP contribution in [0.5, 0.6) is 0 Å². The van der Waals surface area contributed by atoms with Crippen LogP contribution < -0.4 is 10.6 Å². The largest absolute Gasteiger partial charge is 0.394 e. The molecule has 0 atom stereocenters. The summed E-state index contributed by atoms with van der Waals surface area (Å²) in [6.45, 7) is 3.47. The Bertz CT molecular complexity index is 470. The molecule has 0 unspecified atom stereocenters. The van der Waals surface area contributed by atoms with E-state index in [1.165, 1.54) is 6.33 Å². The minimum absolute atomic E-state index is 0.0291. The van der Waals surface area contributed by atoms with Crippen LogP contribution in [0.15, 0.2) is 6.33 Å². The Balaban J connectivity index is 3.19. The Hall–Kier alpha value is -2.00. The molecule has 0 saturated carbocycles. The second kappa shape index (κ2) is 7.70. The van der Waals surface area contributed by atoms with Gasteiger partial charge < -0.3 is 20.8 Å². The molecule has 0 aliphatic carbocycles. The highest BCUT2D eigenvalue weighted by Crippen LogP contribution is 2.31. The van der Waals surface area contributed by atoms with Crippen LogP contribution in [0.25, 0.3) is 0 Å². The number of nitro groups is 1. The third-order valence-corrected chi connectivity index (χ3v) is 3.21. The summed E-state index contributed by atoms with van der Waals surface area (Å²) in [7, 11) is 0. The Morgan fingerprint density at radius 1 is 1.29 bits per heavy atom. The maximum absolute atomic E-state index is 11.3. The van der Waals surface area contributed by atoms with E-state index >= 15 is 0 Å². The summed E-state index contributed by atoms with van der Waals surface area (Å²) in [6.07, 6.45) is 2.36. The molecule has 0 aromatic carbocycles. The maximum atomic E-state index is 11.3. The number of nitrogens with one attached hydrogen (secondary N) is 2. The van der Waals surface area contributed by atoms with Crippen LogP contribution in [0.2, 0.25) is 0 Å². The summed E-state index contributed by atoms with van der Waals surface area (Å²) in [5.41, 5.74) is -1.37. The van der Waals surface area contributed by atoms with E-state index in [-0.39, 0.29) is 30.5 Å². The number of anilines is 2. The first kappa shape index (κ1) is 17.1. The lowest BCUT2D eigenvalue weighted by atomic mass is 9.98. The molecular formula is C12H21N5O4. The van der Waals surface area contributed by atoms with Crippen molar-refractivity contribution in [1.29, 1.82) is 0 Å². The van der Waals surface area contributed by atoms with E-state index in [2.05, 4.69) is 20.6 Å². The normalized spacial score (nSPS) is 11.2. The summed E-state index contributed by atoms with van der Waals surface area (Å²) in [6, 6.07) is 0. The van der Waals surface area contributed by atoms with Crippen LogP contribution in [-0.2, 0) is 0 Å². The second-order valence-corrected chi connectivity index (χ2v) is 4.68. The second-order valence-electron chi connectivity index (χ2n) is 4.68. The highest BCUT2D eigenvalue weighted by atomic mass is 16.6. The summed E-state index contributed by atoms with van der Waals surface area (Å²) in [5.74, 6) is 0.0822. The van der Waals surface area contributed by atoms with E-state index in [0.717, 1.165) is 6.42 Å². The van der Waals surface area contributed by atoms with Crippen LogP contribution in [0.1, 0.15) is 26.7 Å². The lowest BCUT2D eigenvalue weighted by Crippen LogP contribution is -2.45. The van der Waals surface area contributed by atoms with Gasteiger partial charge in [-0.05, 0) is 12.8 Å². The van der Waals surface area contributed by atoms with E-state index in [1.807, 2.05) is 6.92 Å². The van der Waals surface area contributed by atoms with Crippen molar-refractivity contribution in [2.75, 3.05) is 30.4 Å². The molecule has 1 aromatic heterocycles. The SMILES string of the molecule is CCCNc1ncnc(NC(CC)(CO)CO)c1[N+](=O)[O-]. The van der Waals surface area contributed by atoms with Gasteiger partial charge in [-0.1, -0.05) is 13.8 Å². The molecule has 1 heterocycles. The highest BCUT2D eigenvalue weighted by Gasteiger charge is 2.32. The number of hydrogen-bond donors (Lipinski definition) is 4. The van der Waals surface area contributed by atoms with Gasteiger partial charge in [-0.15, -0.1) is 0 Å². The molecule has 0 amide bonds. The maximum Gasteiger partial charge on any atom is 0.353 e. The molecule has 1 rings (SSSR count). The minimum Gasteiger partial charge on any atom is -0.394 e. The Labute approximate surface area is 122 Å². The standard InChI is InChI=1S/C12H21N5O4/c1-3-5-13-10-9(17(20)21)11(15-8-14-10)16-12(4-2,6-18)7-19/h8,18-19H,3-7H2,1-2H3,(H2,13,14,15,16). The van der Waals surface area contributed by atoms with E-state index < -0.39 is 10.5 Å². The van der Waals surface area contributed by atoms with Crippen molar-refractivity contribution >= 4 is 17.3 Å². The Morgan fingerprint density at radius 3 is 2.38 bits per heavy atom. The smallest absolute Gasteiger partial charge is 0.353 e. The molecule has 0 radical (unpaired) electrons. The van der Waals surface area contributed by atoms with Crippen LogP contribution in [0.4, 0.5) is 17.3 Å².